The molecule has 2 aliphatic rings. The van der Waals surface area contributed by atoms with Crippen LogP contribution in [-0.4, -0.2) is 55.7 Å². The van der Waals surface area contributed by atoms with E-state index in [-0.39, 0.29) is 11.4 Å². The number of carbonyl (C=O) groups is 1. The Morgan fingerprint density at radius 2 is 2.11 bits per heavy atom. The maximum absolute atomic E-state index is 14.1. The number of fused-ring (bicyclic) bond motifs is 1. The highest BCUT2D eigenvalue weighted by Crippen LogP contribution is 2.43. The van der Waals surface area contributed by atoms with E-state index in [1.807, 2.05) is 4.90 Å². The highest BCUT2D eigenvalue weighted by atomic mass is 19.1. The lowest BCUT2D eigenvalue weighted by atomic mass is 9.78. The van der Waals surface area contributed by atoms with Crippen molar-refractivity contribution in [1.29, 1.82) is 0 Å². The summed E-state index contributed by atoms with van der Waals surface area (Å²) in [7, 11) is 1.63. The number of aromatic nitrogens is 1. The van der Waals surface area contributed by atoms with Gasteiger partial charge in [0.15, 0.2) is 5.82 Å². The van der Waals surface area contributed by atoms with Crippen molar-refractivity contribution in [1.82, 2.24) is 9.88 Å². The van der Waals surface area contributed by atoms with Crippen LogP contribution >= 0.6 is 0 Å². The monoisotopic (exact) mass is 375 g/mol. The van der Waals surface area contributed by atoms with E-state index in [0.717, 1.165) is 37.6 Å². The van der Waals surface area contributed by atoms with Gasteiger partial charge in [0.25, 0.3) is 0 Å². The summed E-state index contributed by atoms with van der Waals surface area (Å²) in [6.07, 6.45) is 4.09. The van der Waals surface area contributed by atoms with Gasteiger partial charge in [-0.25, -0.2) is 8.78 Å². The van der Waals surface area contributed by atoms with Gasteiger partial charge in [-0.15, -0.1) is 0 Å². The van der Waals surface area contributed by atoms with Gasteiger partial charge in [-0.1, -0.05) is 0 Å². The Labute approximate surface area is 156 Å². The third-order valence-corrected chi connectivity index (χ3v) is 5.82. The molecule has 0 N–H and O–H groups in total. The summed E-state index contributed by atoms with van der Waals surface area (Å²) >= 11 is 0. The largest absolute Gasteiger partial charge is 0.383 e. The fourth-order valence-electron chi connectivity index (χ4n) is 4.46. The first-order chi connectivity index (χ1) is 13.0. The molecule has 2 aliphatic heterocycles. The van der Waals surface area contributed by atoms with Gasteiger partial charge in [0.1, 0.15) is 11.3 Å². The molecule has 7 heteroatoms. The third-order valence-electron chi connectivity index (χ3n) is 5.82. The molecule has 1 atom stereocenters. The average Bonchev–Trinajstić information content (AvgIpc) is 3.07. The zero-order chi connectivity index (χ0) is 19.0. The van der Waals surface area contributed by atoms with Crippen LogP contribution in [0.15, 0.2) is 24.4 Å². The quantitative estimate of drug-likeness (QED) is 0.824. The van der Waals surface area contributed by atoms with Gasteiger partial charge >= 0.3 is 0 Å². The summed E-state index contributed by atoms with van der Waals surface area (Å²) in [4.78, 5) is 21.1. The number of nitrogens with zero attached hydrogens (tertiary/aromatic N) is 3. The lowest BCUT2D eigenvalue weighted by molar-refractivity contribution is -0.145. The van der Waals surface area contributed by atoms with E-state index < -0.39 is 17.0 Å². The minimum atomic E-state index is -0.666. The van der Waals surface area contributed by atoms with E-state index in [0.29, 0.717) is 31.6 Å². The number of piperidine rings is 1. The number of anilines is 1. The highest BCUT2D eigenvalue weighted by Gasteiger charge is 2.48. The molecule has 144 valence electrons. The first kappa shape index (κ1) is 18.1. The predicted molar refractivity (Wildman–Crippen MR) is 98.6 cm³/mol. The van der Waals surface area contributed by atoms with E-state index in [2.05, 4.69) is 9.88 Å². The van der Waals surface area contributed by atoms with Crippen LogP contribution in [-0.2, 0) is 9.53 Å². The zero-order valence-electron chi connectivity index (χ0n) is 15.4. The molecule has 0 aliphatic carbocycles. The van der Waals surface area contributed by atoms with Crippen molar-refractivity contribution in [3.63, 3.8) is 0 Å². The number of hydrogen-bond donors (Lipinski definition) is 0. The Morgan fingerprint density at radius 1 is 1.26 bits per heavy atom. The molecule has 2 aromatic rings. The lowest BCUT2D eigenvalue weighted by Gasteiger charge is -2.39. The van der Waals surface area contributed by atoms with Crippen LogP contribution in [0.2, 0.25) is 0 Å². The van der Waals surface area contributed by atoms with Gasteiger partial charge in [-0.3, -0.25) is 9.78 Å². The maximum Gasteiger partial charge on any atom is 0.230 e. The van der Waals surface area contributed by atoms with E-state index in [4.69, 9.17) is 4.74 Å². The normalized spacial score (nSPS) is 23.0. The zero-order valence-corrected chi connectivity index (χ0v) is 15.4. The van der Waals surface area contributed by atoms with E-state index in [9.17, 15) is 13.6 Å². The number of benzene rings is 1. The topological polar surface area (TPSA) is 45.7 Å². The standard InChI is InChI=1S/C20H23F2N3O2/c1-27-10-9-24-7-2-4-20(19(24)26)5-8-25(13-20)17-3-6-23-18-15(17)11-14(21)12-16(18)22/h3,6,11-12H,2,4-5,7-10,13H2,1H3. The number of hydrogen-bond acceptors (Lipinski definition) is 4. The van der Waals surface area contributed by atoms with Gasteiger partial charge in [-0.05, 0) is 31.4 Å². The van der Waals surface area contributed by atoms with Crippen molar-refractivity contribution in [2.45, 2.75) is 19.3 Å². The van der Waals surface area contributed by atoms with Crippen LogP contribution in [0.4, 0.5) is 14.5 Å². The molecule has 4 rings (SSSR count). The summed E-state index contributed by atoms with van der Waals surface area (Å²) in [5.41, 5.74) is 0.469. The number of amides is 1. The van der Waals surface area contributed by atoms with Crippen LogP contribution in [0.5, 0.6) is 0 Å². The Morgan fingerprint density at radius 3 is 2.93 bits per heavy atom. The number of carbonyl (C=O) groups excluding carboxylic acids is 1. The average molecular weight is 375 g/mol. The van der Waals surface area contributed by atoms with Crippen LogP contribution in [0, 0.1) is 17.0 Å². The molecule has 1 amide bonds. The van der Waals surface area contributed by atoms with Gasteiger partial charge in [0.2, 0.25) is 5.91 Å². The molecular formula is C20H23F2N3O2. The van der Waals surface area contributed by atoms with E-state index in [1.165, 1.54) is 12.3 Å². The second kappa shape index (κ2) is 7.03. The van der Waals surface area contributed by atoms with Crippen molar-refractivity contribution in [2.24, 2.45) is 5.41 Å². The van der Waals surface area contributed by atoms with Crippen LogP contribution in [0.3, 0.4) is 0 Å². The van der Waals surface area contributed by atoms with Gasteiger partial charge in [0, 0.05) is 56.6 Å². The number of rotatable bonds is 4. The molecule has 5 nitrogen and oxygen atoms in total. The predicted octanol–water partition coefficient (Wildman–Crippen LogP) is 2.98. The highest BCUT2D eigenvalue weighted by molar-refractivity contribution is 5.93. The molecule has 0 bridgehead atoms. The minimum absolute atomic E-state index is 0.159. The van der Waals surface area contributed by atoms with Crippen LogP contribution in [0.25, 0.3) is 10.9 Å². The molecule has 2 fully saturated rings. The Kier molecular flexibility index (Phi) is 4.72. The molecule has 1 aromatic carbocycles. The summed E-state index contributed by atoms with van der Waals surface area (Å²) in [5.74, 6) is -1.12. The second-order valence-corrected chi connectivity index (χ2v) is 7.45. The molecule has 0 saturated carbocycles. The van der Waals surface area contributed by atoms with Crippen molar-refractivity contribution in [3.8, 4) is 0 Å². The second-order valence-electron chi connectivity index (χ2n) is 7.45. The van der Waals surface area contributed by atoms with Crippen molar-refractivity contribution >= 4 is 22.5 Å². The number of likely N-dealkylation sites (tertiary alicyclic amines) is 1. The number of methoxy groups -OCH3 is 1. The van der Waals surface area contributed by atoms with Crippen molar-refractivity contribution < 1.29 is 18.3 Å². The number of ether oxygens (including phenoxy) is 1. The van der Waals surface area contributed by atoms with E-state index >= 15 is 0 Å². The number of halogens is 2. The maximum atomic E-state index is 14.1. The SMILES string of the molecule is COCCN1CCCC2(CCN(c3ccnc4c(F)cc(F)cc34)C2)C1=O. The third kappa shape index (κ3) is 3.14. The fraction of sp³-hybridized carbons (Fsp3) is 0.500. The van der Waals surface area contributed by atoms with Crippen LogP contribution < -0.4 is 4.90 Å². The first-order valence-electron chi connectivity index (χ1n) is 9.31. The summed E-state index contributed by atoms with van der Waals surface area (Å²) in [5, 5.41) is 0.451. The van der Waals surface area contributed by atoms with E-state index in [1.54, 1.807) is 13.2 Å². The van der Waals surface area contributed by atoms with Crippen molar-refractivity contribution in [3.05, 3.63) is 36.0 Å². The Hall–Kier alpha value is -2.28. The molecular weight excluding hydrogens is 352 g/mol. The number of pyridine rings is 1. The van der Waals surface area contributed by atoms with Crippen LogP contribution in [0.1, 0.15) is 19.3 Å². The van der Waals surface area contributed by atoms with Crippen molar-refractivity contribution in [2.75, 3.05) is 44.8 Å². The van der Waals surface area contributed by atoms with Gasteiger partial charge in [-0.2, -0.15) is 0 Å². The Bertz CT molecular complexity index is 876. The summed E-state index contributed by atoms with van der Waals surface area (Å²) in [6.45, 7) is 3.14. The summed E-state index contributed by atoms with van der Waals surface area (Å²) in [6, 6.07) is 3.94. The molecule has 27 heavy (non-hydrogen) atoms. The van der Waals surface area contributed by atoms with Gasteiger partial charge in [0.05, 0.1) is 12.0 Å². The molecule has 0 radical (unpaired) electrons. The molecule has 1 spiro atoms. The smallest absolute Gasteiger partial charge is 0.230 e. The lowest BCUT2D eigenvalue weighted by Crippen LogP contribution is -2.51. The molecule has 2 saturated heterocycles. The minimum Gasteiger partial charge on any atom is -0.383 e. The fourth-order valence-corrected chi connectivity index (χ4v) is 4.46. The summed E-state index contributed by atoms with van der Waals surface area (Å²) < 4.78 is 33.0. The van der Waals surface area contributed by atoms with Gasteiger partial charge < -0.3 is 14.5 Å². The molecule has 1 aromatic heterocycles. The Balaban J connectivity index is 1.63. The molecule has 3 heterocycles. The molecule has 1 unspecified atom stereocenters. The first-order valence-corrected chi connectivity index (χ1v) is 9.31.